The molecule has 3 aromatic rings. The second-order valence-corrected chi connectivity index (χ2v) is 5.75. The number of hydrogen-bond donors (Lipinski definition) is 0. The Morgan fingerprint density at radius 2 is 1.59 bits per heavy atom. The van der Waals surface area contributed by atoms with Crippen molar-refractivity contribution < 1.29 is 19.0 Å². The molecule has 3 rings (SSSR count). The summed E-state index contributed by atoms with van der Waals surface area (Å²) in [6.45, 7) is 0.245. The summed E-state index contributed by atoms with van der Waals surface area (Å²) < 4.78 is 16.5. The van der Waals surface area contributed by atoms with Crippen molar-refractivity contribution in [3.63, 3.8) is 0 Å². The summed E-state index contributed by atoms with van der Waals surface area (Å²) in [6, 6.07) is 24.5. The highest BCUT2D eigenvalue weighted by Gasteiger charge is 2.07. The van der Waals surface area contributed by atoms with Gasteiger partial charge in [0.15, 0.2) is 11.5 Å². The van der Waals surface area contributed by atoms with Crippen LogP contribution in [0.5, 0.6) is 17.2 Å². The second-order valence-electron chi connectivity index (χ2n) is 5.75. The monoisotopic (exact) mass is 360 g/mol. The second kappa shape index (κ2) is 9.25. The first-order valence-corrected chi connectivity index (χ1v) is 8.54. The summed E-state index contributed by atoms with van der Waals surface area (Å²) in [7, 11) is 1.59. The molecule has 0 heterocycles. The van der Waals surface area contributed by atoms with Gasteiger partial charge in [0.25, 0.3) is 0 Å². The average molecular weight is 360 g/mol. The van der Waals surface area contributed by atoms with E-state index in [0.717, 1.165) is 11.1 Å². The van der Waals surface area contributed by atoms with Crippen molar-refractivity contribution in [3.05, 3.63) is 96.1 Å². The first-order valence-electron chi connectivity index (χ1n) is 8.54. The van der Waals surface area contributed by atoms with Gasteiger partial charge in [0.05, 0.1) is 7.11 Å². The van der Waals surface area contributed by atoms with Gasteiger partial charge in [-0.1, -0.05) is 54.6 Å². The van der Waals surface area contributed by atoms with E-state index in [-0.39, 0.29) is 6.61 Å². The minimum Gasteiger partial charge on any atom is -0.493 e. The van der Waals surface area contributed by atoms with Gasteiger partial charge in [0.1, 0.15) is 12.4 Å². The molecule has 0 aliphatic carbocycles. The molecule has 0 aromatic heterocycles. The lowest BCUT2D eigenvalue weighted by Gasteiger charge is -2.11. The van der Waals surface area contributed by atoms with E-state index in [9.17, 15) is 4.79 Å². The van der Waals surface area contributed by atoms with Gasteiger partial charge in [0, 0.05) is 6.08 Å². The molecular weight excluding hydrogens is 340 g/mol. The van der Waals surface area contributed by atoms with Crippen LogP contribution in [0.25, 0.3) is 6.08 Å². The normalized spacial score (nSPS) is 10.6. The Labute approximate surface area is 158 Å². The molecule has 0 aliphatic rings. The molecule has 0 amide bonds. The molecule has 0 bridgehead atoms. The summed E-state index contributed by atoms with van der Waals surface area (Å²) >= 11 is 0. The molecule has 0 spiro atoms. The summed E-state index contributed by atoms with van der Waals surface area (Å²) in [5.74, 6) is 1.49. The maximum absolute atomic E-state index is 11.9. The quantitative estimate of drug-likeness (QED) is 0.427. The maximum atomic E-state index is 11.9. The van der Waals surface area contributed by atoms with E-state index in [1.807, 2.05) is 72.8 Å². The summed E-state index contributed by atoms with van der Waals surface area (Å²) in [5, 5.41) is 0. The Bertz CT molecular complexity index is 902. The van der Waals surface area contributed by atoms with Gasteiger partial charge in [0.2, 0.25) is 0 Å². The van der Waals surface area contributed by atoms with Crippen LogP contribution in [0, 0.1) is 0 Å². The van der Waals surface area contributed by atoms with Crippen LogP contribution in [-0.2, 0) is 16.1 Å². The van der Waals surface area contributed by atoms with Crippen molar-refractivity contribution in [1.82, 2.24) is 0 Å². The Kier molecular flexibility index (Phi) is 6.26. The molecule has 0 radical (unpaired) electrons. The summed E-state index contributed by atoms with van der Waals surface area (Å²) in [4.78, 5) is 11.9. The number of benzene rings is 3. The first-order chi connectivity index (χ1) is 13.2. The highest BCUT2D eigenvalue weighted by atomic mass is 16.5. The minimum absolute atomic E-state index is 0.245. The molecule has 0 N–H and O–H groups in total. The molecule has 0 saturated carbocycles. The number of rotatable bonds is 7. The summed E-state index contributed by atoms with van der Waals surface area (Å²) in [6.07, 6.45) is 3.08. The van der Waals surface area contributed by atoms with Crippen molar-refractivity contribution in [2.75, 3.05) is 7.11 Å². The predicted molar refractivity (Wildman–Crippen MR) is 105 cm³/mol. The SMILES string of the molecule is COc1ccc(/C=C/C(=O)OCc2ccccc2)cc1Oc1ccccc1. The van der Waals surface area contributed by atoms with Crippen molar-refractivity contribution in [1.29, 1.82) is 0 Å². The van der Waals surface area contributed by atoms with Gasteiger partial charge in [-0.3, -0.25) is 0 Å². The zero-order chi connectivity index (χ0) is 18.9. The molecule has 136 valence electrons. The van der Waals surface area contributed by atoms with Crippen LogP contribution in [-0.4, -0.2) is 13.1 Å². The molecule has 4 heteroatoms. The van der Waals surface area contributed by atoms with Crippen molar-refractivity contribution in [2.24, 2.45) is 0 Å². The molecule has 4 nitrogen and oxygen atoms in total. The predicted octanol–water partition coefficient (Wildman–Crippen LogP) is 5.24. The number of para-hydroxylation sites is 1. The lowest BCUT2D eigenvalue weighted by Crippen LogP contribution is -2.00. The Balaban J connectivity index is 1.66. The third-order valence-electron chi connectivity index (χ3n) is 3.79. The largest absolute Gasteiger partial charge is 0.493 e. The van der Waals surface area contributed by atoms with E-state index < -0.39 is 5.97 Å². The van der Waals surface area contributed by atoms with E-state index >= 15 is 0 Å². The van der Waals surface area contributed by atoms with Gasteiger partial charge in [-0.15, -0.1) is 0 Å². The standard InChI is InChI=1S/C23H20O4/c1-25-21-14-12-18(16-22(21)27-20-10-6-3-7-11-20)13-15-23(24)26-17-19-8-4-2-5-9-19/h2-16H,17H2,1H3/b15-13+. The number of carbonyl (C=O) groups excluding carboxylic acids is 1. The van der Waals surface area contributed by atoms with Gasteiger partial charge >= 0.3 is 5.97 Å². The number of esters is 1. The van der Waals surface area contributed by atoms with Crippen LogP contribution >= 0.6 is 0 Å². The zero-order valence-corrected chi connectivity index (χ0v) is 15.0. The lowest BCUT2D eigenvalue weighted by molar-refractivity contribution is -0.138. The van der Waals surface area contributed by atoms with Crippen molar-refractivity contribution in [3.8, 4) is 17.2 Å². The number of carbonyl (C=O) groups is 1. The number of ether oxygens (including phenoxy) is 3. The molecule has 27 heavy (non-hydrogen) atoms. The Morgan fingerprint density at radius 3 is 2.30 bits per heavy atom. The minimum atomic E-state index is -0.403. The molecular formula is C23H20O4. The molecule has 0 unspecified atom stereocenters. The fourth-order valence-corrected chi connectivity index (χ4v) is 2.43. The third-order valence-corrected chi connectivity index (χ3v) is 3.79. The Hall–Kier alpha value is -3.53. The van der Waals surface area contributed by atoms with Crippen molar-refractivity contribution >= 4 is 12.0 Å². The van der Waals surface area contributed by atoms with Crippen molar-refractivity contribution in [2.45, 2.75) is 6.61 Å². The van der Waals surface area contributed by atoms with Crippen LogP contribution in [0.3, 0.4) is 0 Å². The third kappa shape index (κ3) is 5.47. The Morgan fingerprint density at radius 1 is 0.889 bits per heavy atom. The fourth-order valence-electron chi connectivity index (χ4n) is 2.43. The fraction of sp³-hybridized carbons (Fsp3) is 0.0870. The molecule has 0 fully saturated rings. The molecule has 0 saturated heterocycles. The van der Waals surface area contributed by atoms with E-state index in [4.69, 9.17) is 14.2 Å². The maximum Gasteiger partial charge on any atom is 0.331 e. The lowest BCUT2D eigenvalue weighted by atomic mass is 10.2. The highest BCUT2D eigenvalue weighted by molar-refractivity contribution is 5.87. The van der Waals surface area contributed by atoms with E-state index in [1.54, 1.807) is 19.3 Å². The topological polar surface area (TPSA) is 44.8 Å². The van der Waals surface area contributed by atoms with E-state index in [2.05, 4.69) is 0 Å². The molecule has 3 aromatic carbocycles. The van der Waals surface area contributed by atoms with E-state index in [0.29, 0.717) is 17.2 Å². The van der Waals surface area contributed by atoms with Crippen LogP contribution in [0.2, 0.25) is 0 Å². The number of methoxy groups -OCH3 is 1. The van der Waals surface area contributed by atoms with E-state index in [1.165, 1.54) is 6.08 Å². The smallest absolute Gasteiger partial charge is 0.331 e. The molecule has 0 atom stereocenters. The van der Waals surface area contributed by atoms with Gasteiger partial charge in [-0.25, -0.2) is 4.79 Å². The van der Waals surface area contributed by atoms with Gasteiger partial charge in [-0.2, -0.15) is 0 Å². The van der Waals surface area contributed by atoms with Crippen LogP contribution in [0.1, 0.15) is 11.1 Å². The number of hydrogen-bond acceptors (Lipinski definition) is 4. The first kappa shape index (κ1) is 18.3. The van der Waals surface area contributed by atoms with Crippen LogP contribution in [0.4, 0.5) is 0 Å². The molecule has 0 aliphatic heterocycles. The van der Waals surface area contributed by atoms with Gasteiger partial charge < -0.3 is 14.2 Å². The van der Waals surface area contributed by atoms with Crippen LogP contribution < -0.4 is 9.47 Å². The zero-order valence-electron chi connectivity index (χ0n) is 15.0. The highest BCUT2D eigenvalue weighted by Crippen LogP contribution is 2.32. The summed E-state index contributed by atoms with van der Waals surface area (Å²) in [5.41, 5.74) is 1.75. The van der Waals surface area contributed by atoms with Crippen LogP contribution in [0.15, 0.2) is 84.9 Å². The van der Waals surface area contributed by atoms with Gasteiger partial charge in [-0.05, 0) is 41.5 Å². The average Bonchev–Trinajstić information content (AvgIpc) is 2.72.